The Hall–Kier alpha value is -6.53. The molecule has 0 saturated carbocycles. The maximum Gasteiger partial charge on any atom is 0.495 e. The first-order chi connectivity index (χ1) is 22.4. The topological polar surface area (TPSA) is 174 Å². The summed E-state index contributed by atoms with van der Waals surface area (Å²) in [6, 6.07) is 5.31. The molecule has 0 bridgehead atoms. The number of fused-ring (bicyclic) bond motifs is 12. The van der Waals surface area contributed by atoms with Crippen molar-refractivity contribution in [2.45, 2.75) is 0 Å². The van der Waals surface area contributed by atoms with Crippen molar-refractivity contribution >= 4 is 74.1 Å². The van der Waals surface area contributed by atoms with Crippen LogP contribution in [0, 0.1) is 0 Å². The average Bonchev–Trinajstić information content (AvgIpc) is 3.75. The number of nitrogens with zero attached hydrogens (tertiary/aromatic N) is 18. The highest BCUT2D eigenvalue weighted by Crippen LogP contribution is 2.53. The number of hydrogen-bond donors (Lipinski definition) is 0. The Labute approximate surface area is 255 Å². The molecule has 0 spiro atoms. The Morgan fingerprint density at radius 1 is 0.289 bits per heavy atom. The molecule has 1 saturated heterocycles. The number of aromatic nitrogens is 12. The lowest BCUT2D eigenvalue weighted by molar-refractivity contribution is 1.08. The monoisotopic (exact) mass is 588 g/mol. The zero-order chi connectivity index (χ0) is 29.5. The summed E-state index contributed by atoms with van der Waals surface area (Å²) in [6.07, 6.45) is 20.1. The molecule has 10 heterocycles. The third kappa shape index (κ3) is 3.14. The maximum absolute atomic E-state index is 4.85. The van der Waals surface area contributed by atoms with E-state index in [1.165, 1.54) is 0 Å². The van der Waals surface area contributed by atoms with Crippen LogP contribution in [-0.4, -0.2) is 81.2 Å². The molecule has 0 amide bonds. The van der Waals surface area contributed by atoms with Gasteiger partial charge in [0.1, 0.15) is 0 Å². The molecule has 6 aromatic rings. The van der Waals surface area contributed by atoms with Gasteiger partial charge in [-0.15, -0.1) is 0 Å². The van der Waals surface area contributed by atoms with E-state index < -0.39 is 21.4 Å². The average molecular weight is 588 g/mol. The van der Waals surface area contributed by atoms with Crippen molar-refractivity contribution < 1.29 is 0 Å². The van der Waals surface area contributed by atoms with E-state index >= 15 is 0 Å². The number of hydrogen-bond acceptors (Lipinski definition) is 18. The van der Waals surface area contributed by atoms with Crippen LogP contribution in [0.3, 0.4) is 0 Å². The van der Waals surface area contributed by atoms with Crippen molar-refractivity contribution in [2.75, 3.05) is 28.6 Å². The largest absolute Gasteiger partial charge is 0.495 e. The molecule has 4 aliphatic heterocycles. The lowest BCUT2D eigenvalue weighted by Gasteiger charge is -2.48. The van der Waals surface area contributed by atoms with Crippen molar-refractivity contribution in [1.82, 2.24) is 59.8 Å². The minimum absolute atomic E-state index is 0.424. The summed E-state index contributed by atoms with van der Waals surface area (Å²) in [5, 5.41) is 0. The van der Waals surface area contributed by atoms with Crippen LogP contribution in [0.5, 0.6) is 0 Å². The van der Waals surface area contributed by atoms with Gasteiger partial charge in [-0.3, -0.25) is 14.4 Å². The highest BCUT2D eigenvalue weighted by Gasteiger charge is 2.72. The molecule has 1 fully saturated rings. The van der Waals surface area contributed by atoms with Crippen LogP contribution in [-0.2, 0) is 0 Å². The summed E-state index contributed by atoms with van der Waals surface area (Å²) in [5.74, 6) is 4.68. The van der Waals surface area contributed by atoms with E-state index in [1.807, 2.05) is 14.4 Å². The molecule has 0 unspecified atom stereocenters. The molecular weight excluding hydrogens is 573 g/mol. The van der Waals surface area contributed by atoms with E-state index in [1.54, 1.807) is 92.6 Å². The Morgan fingerprint density at radius 3 is 0.800 bits per heavy atom. The molecule has 6 aromatic heterocycles. The van der Waals surface area contributed by atoms with Crippen LogP contribution >= 0.6 is 0 Å². The molecule has 0 N–H and O–H groups in total. The van der Waals surface area contributed by atoms with Crippen molar-refractivity contribution in [1.29, 1.82) is 0 Å². The zero-order valence-corrected chi connectivity index (χ0v) is 22.9. The van der Waals surface area contributed by atoms with Gasteiger partial charge in [0.15, 0.2) is 34.9 Å². The standard InChI is InChI=1S/C24H15B3N18/c1-4-34-22(35-5-1)40-16-19(31-13-10-28-16)43-25(40)44-20-17(29-11-14-32-20)41(23-36-6-2-7-37-23)27(44)45-21-18(30-12-15-33-21)42(26(43)45)24-38-8-3-9-39-24/h1-15H. The molecule has 45 heavy (non-hydrogen) atoms. The van der Waals surface area contributed by atoms with E-state index in [2.05, 4.69) is 44.1 Å². The molecule has 21 heteroatoms. The van der Waals surface area contributed by atoms with Gasteiger partial charge >= 0.3 is 21.4 Å². The predicted molar refractivity (Wildman–Crippen MR) is 163 cm³/mol. The van der Waals surface area contributed by atoms with Crippen LogP contribution in [0.1, 0.15) is 0 Å². The van der Waals surface area contributed by atoms with Gasteiger partial charge in [0.2, 0.25) is 17.8 Å². The first-order valence-corrected chi connectivity index (χ1v) is 13.9. The summed E-state index contributed by atoms with van der Waals surface area (Å²) in [5.41, 5.74) is 0. The summed E-state index contributed by atoms with van der Waals surface area (Å²) in [6.45, 7) is 0. The molecule has 4 aliphatic rings. The second-order valence-corrected chi connectivity index (χ2v) is 10.1. The summed E-state index contributed by atoms with van der Waals surface area (Å²) >= 11 is 0. The summed E-state index contributed by atoms with van der Waals surface area (Å²) < 4.78 is 6.30. The molecule has 0 aliphatic carbocycles. The quantitative estimate of drug-likeness (QED) is 0.264. The van der Waals surface area contributed by atoms with Gasteiger partial charge in [-0.05, 0) is 18.2 Å². The molecule has 10 rings (SSSR count). The fourth-order valence-electron chi connectivity index (χ4n) is 6.36. The highest BCUT2D eigenvalue weighted by atomic mass is 15.6. The lowest BCUT2D eigenvalue weighted by atomic mass is 9.56. The van der Waals surface area contributed by atoms with E-state index in [9.17, 15) is 0 Å². The second kappa shape index (κ2) is 8.99. The van der Waals surface area contributed by atoms with Crippen molar-refractivity contribution in [3.8, 4) is 0 Å². The van der Waals surface area contributed by atoms with Crippen LogP contribution in [0.4, 0.5) is 52.8 Å². The molecule has 210 valence electrons. The molecule has 18 nitrogen and oxygen atoms in total. The molecule has 0 atom stereocenters. The van der Waals surface area contributed by atoms with E-state index in [0.29, 0.717) is 52.8 Å². The number of rotatable bonds is 3. The first-order valence-electron chi connectivity index (χ1n) is 13.9. The van der Waals surface area contributed by atoms with Crippen LogP contribution in [0.2, 0.25) is 0 Å². The van der Waals surface area contributed by atoms with Crippen molar-refractivity contribution in [2.24, 2.45) is 0 Å². The Kier molecular flexibility index (Phi) is 4.79. The van der Waals surface area contributed by atoms with Gasteiger partial charge in [0, 0.05) is 74.4 Å². The van der Waals surface area contributed by atoms with E-state index in [-0.39, 0.29) is 0 Å². The third-order valence-corrected chi connectivity index (χ3v) is 7.89. The second-order valence-electron chi connectivity index (χ2n) is 10.1. The van der Waals surface area contributed by atoms with Crippen LogP contribution in [0.15, 0.2) is 92.6 Å². The van der Waals surface area contributed by atoms with Gasteiger partial charge < -0.3 is 14.2 Å². The third-order valence-electron chi connectivity index (χ3n) is 7.89. The summed E-state index contributed by atoms with van der Waals surface area (Å²) in [4.78, 5) is 62.6. The first kappa shape index (κ1) is 24.0. The molecular formula is C24H15B3N18. The van der Waals surface area contributed by atoms with E-state index in [4.69, 9.17) is 29.9 Å². The normalized spacial score (nSPS) is 15.6. The van der Waals surface area contributed by atoms with Gasteiger partial charge in [-0.1, -0.05) is 0 Å². The van der Waals surface area contributed by atoms with Crippen LogP contribution in [0.25, 0.3) is 0 Å². The molecule has 0 radical (unpaired) electrons. The van der Waals surface area contributed by atoms with Gasteiger partial charge in [0.05, 0.1) is 0 Å². The zero-order valence-electron chi connectivity index (χ0n) is 22.9. The van der Waals surface area contributed by atoms with Crippen LogP contribution < -0.4 is 28.6 Å². The molecule has 0 aromatic carbocycles. The lowest BCUT2D eigenvalue weighted by Crippen LogP contribution is -2.84. The van der Waals surface area contributed by atoms with Crippen molar-refractivity contribution in [3.63, 3.8) is 0 Å². The van der Waals surface area contributed by atoms with Crippen molar-refractivity contribution in [3.05, 3.63) is 92.6 Å². The highest BCUT2D eigenvalue weighted by molar-refractivity contribution is 7.10. The number of anilines is 9. The Bertz CT molecular complexity index is 1820. The van der Waals surface area contributed by atoms with Gasteiger partial charge in [-0.25, -0.2) is 59.8 Å². The Morgan fingerprint density at radius 2 is 0.533 bits per heavy atom. The van der Waals surface area contributed by atoms with Gasteiger partial charge in [0.25, 0.3) is 0 Å². The fourth-order valence-corrected chi connectivity index (χ4v) is 6.36. The summed E-state index contributed by atoms with van der Waals surface area (Å²) in [7, 11) is -1.96. The SMILES string of the molecule is c1cnc(N2B3N(B4N(B5N3c3nccnc3N5c3ncccn3)c3nccnc3N4c3ncccn3)c3nccnc32)nc1. The minimum atomic E-state index is -0.652. The smallest absolute Gasteiger partial charge is 0.365 e. The minimum Gasteiger partial charge on any atom is -0.365 e. The maximum atomic E-state index is 4.85. The van der Waals surface area contributed by atoms with E-state index in [0.717, 1.165) is 0 Å². The Balaban J connectivity index is 1.30. The fraction of sp³-hybridized carbons (Fsp3) is 0. The predicted octanol–water partition coefficient (Wildman–Crippen LogP) is 0.670. The van der Waals surface area contributed by atoms with Gasteiger partial charge in [-0.2, -0.15) is 0 Å².